The number of hydrogen-bond acceptors (Lipinski definition) is 3. The van der Waals surface area contributed by atoms with Gasteiger partial charge in [0.15, 0.2) is 0 Å². The second kappa shape index (κ2) is 7.06. The lowest BCUT2D eigenvalue weighted by Gasteiger charge is -2.05. The minimum Gasteiger partial charge on any atom is -0.350 e. The molecule has 0 saturated heterocycles. The van der Waals surface area contributed by atoms with Gasteiger partial charge in [-0.1, -0.05) is 29.8 Å². The van der Waals surface area contributed by atoms with Crippen LogP contribution in [-0.2, 0) is 11.3 Å². The largest absolute Gasteiger partial charge is 0.350 e. The summed E-state index contributed by atoms with van der Waals surface area (Å²) < 4.78 is 1.85. The van der Waals surface area contributed by atoms with E-state index in [0.717, 1.165) is 16.2 Å². The van der Waals surface area contributed by atoms with E-state index >= 15 is 0 Å². The van der Waals surface area contributed by atoms with E-state index in [-0.39, 0.29) is 5.91 Å². The van der Waals surface area contributed by atoms with Crippen molar-refractivity contribution >= 4 is 34.9 Å². The summed E-state index contributed by atoms with van der Waals surface area (Å²) in [6, 6.07) is 11.7. The zero-order valence-electron chi connectivity index (χ0n) is 12.6. The number of fused-ring (bicyclic) bond motifs is 1. The molecule has 118 valence electrons. The molecule has 2 aromatic heterocycles. The first kappa shape index (κ1) is 15.9. The van der Waals surface area contributed by atoms with Crippen molar-refractivity contribution in [2.24, 2.45) is 0 Å². The van der Waals surface area contributed by atoms with Crippen LogP contribution in [0.25, 0.3) is 5.65 Å². The van der Waals surface area contributed by atoms with Gasteiger partial charge in [-0.2, -0.15) is 0 Å². The van der Waals surface area contributed by atoms with E-state index < -0.39 is 0 Å². The number of aromatic nitrogens is 2. The fourth-order valence-electron chi connectivity index (χ4n) is 2.20. The fourth-order valence-corrected chi connectivity index (χ4v) is 3.23. The molecule has 23 heavy (non-hydrogen) atoms. The highest BCUT2D eigenvalue weighted by molar-refractivity contribution is 8.00. The van der Waals surface area contributed by atoms with Crippen molar-refractivity contribution in [2.45, 2.75) is 18.4 Å². The summed E-state index contributed by atoms with van der Waals surface area (Å²) in [5.41, 5.74) is 2.80. The summed E-state index contributed by atoms with van der Waals surface area (Å²) in [6.07, 6.45) is 3.67. The monoisotopic (exact) mass is 345 g/mol. The van der Waals surface area contributed by atoms with E-state index in [1.807, 2.05) is 47.9 Å². The Morgan fingerprint density at radius 3 is 2.91 bits per heavy atom. The van der Waals surface area contributed by atoms with Crippen molar-refractivity contribution in [3.05, 3.63) is 65.1 Å². The highest BCUT2D eigenvalue weighted by Gasteiger charge is 2.07. The van der Waals surface area contributed by atoms with Gasteiger partial charge in [0, 0.05) is 17.3 Å². The van der Waals surface area contributed by atoms with Gasteiger partial charge in [-0.05, 0) is 30.7 Å². The number of thioether (sulfide) groups is 1. The Bertz CT molecular complexity index is 847. The fraction of sp³-hybridized carbons (Fsp3) is 0.176. The van der Waals surface area contributed by atoms with Gasteiger partial charge in [0.2, 0.25) is 5.91 Å². The SMILES string of the molecule is Cc1ccccc1SCC(=O)NCc1cn2cc(Cl)ccc2n1. The Labute approximate surface area is 143 Å². The second-order valence-corrected chi connectivity index (χ2v) is 6.63. The Balaban J connectivity index is 1.54. The van der Waals surface area contributed by atoms with Crippen molar-refractivity contribution in [3.63, 3.8) is 0 Å². The Morgan fingerprint density at radius 2 is 2.09 bits per heavy atom. The zero-order chi connectivity index (χ0) is 16.2. The minimum absolute atomic E-state index is 0.00617. The molecule has 0 aliphatic carbocycles. The van der Waals surface area contributed by atoms with Crippen LogP contribution in [0.4, 0.5) is 0 Å². The smallest absolute Gasteiger partial charge is 0.230 e. The van der Waals surface area contributed by atoms with E-state index in [1.165, 1.54) is 5.56 Å². The van der Waals surface area contributed by atoms with Gasteiger partial charge >= 0.3 is 0 Å². The Hall–Kier alpha value is -1.98. The molecule has 2 heterocycles. The normalized spacial score (nSPS) is 10.9. The first-order valence-electron chi connectivity index (χ1n) is 7.20. The van der Waals surface area contributed by atoms with Gasteiger partial charge in [-0.25, -0.2) is 4.98 Å². The number of carbonyl (C=O) groups is 1. The molecule has 0 radical (unpaired) electrons. The summed E-state index contributed by atoms with van der Waals surface area (Å²) in [4.78, 5) is 17.6. The predicted octanol–water partition coefficient (Wildman–Crippen LogP) is 3.70. The average Bonchev–Trinajstić information content (AvgIpc) is 2.94. The van der Waals surface area contributed by atoms with Gasteiger partial charge in [-0.3, -0.25) is 4.79 Å². The van der Waals surface area contributed by atoms with Gasteiger partial charge in [0.25, 0.3) is 0 Å². The molecule has 6 heteroatoms. The maximum absolute atomic E-state index is 12.0. The van der Waals surface area contributed by atoms with Crippen LogP contribution in [0.2, 0.25) is 5.02 Å². The first-order chi connectivity index (χ1) is 11.1. The summed E-state index contributed by atoms with van der Waals surface area (Å²) in [5, 5.41) is 3.55. The molecule has 0 aliphatic rings. The molecular formula is C17H16ClN3OS. The third-order valence-electron chi connectivity index (χ3n) is 3.38. The number of amides is 1. The zero-order valence-corrected chi connectivity index (χ0v) is 14.2. The number of imidazole rings is 1. The standard InChI is InChI=1S/C17H16ClN3OS/c1-12-4-2-3-5-15(12)23-11-17(22)19-8-14-10-21-9-13(18)6-7-16(21)20-14/h2-7,9-10H,8,11H2,1H3,(H,19,22). The van der Waals surface area contributed by atoms with Gasteiger partial charge in [0.05, 0.1) is 23.0 Å². The lowest BCUT2D eigenvalue weighted by molar-refractivity contribution is -0.118. The van der Waals surface area contributed by atoms with E-state index in [0.29, 0.717) is 17.3 Å². The van der Waals surface area contributed by atoms with Crippen molar-refractivity contribution in [1.82, 2.24) is 14.7 Å². The minimum atomic E-state index is -0.00617. The van der Waals surface area contributed by atoms with Crippen LogP contribution in [-0.4, -0.2) is 21.0 Å². The lowest BCUT2D eigenvalue weighted by Crippen LogP contribution is -2.24. The third-order valence-corrected chi connectivity index (χ3v) is 4.78. The predicted molar refractivity (Wildman–Crippen MR) is 94.0 cm³/mol. The van der Waals surface area contributed by atoms with E-state index in [4.69, 9.17) is 11.6 Å². The summed E-state index contributed by atoms with van der Waals surface area (Å²) in [6.45, 7) is 2.45. The number of benzene rings is 1. The summed E-state index contributed by atoms with van der Waals surface area (Å²) >= 11 is 7.49. The number of carbonyl (C=O) groups excluding carboxylic acids is 1. The highest BCUT2D eigenvalue weighted by atomic mass is 35.5. The van der Waals surface area contributed by atoms with Crippen LogP contribution >= 0.6 is 23.4 Å². The highest BCUT2D eigenvalue weighted by Crippen LogP contribution is 2.21. The molecule has 3 aromatic rings. The molecular weight excluding hydrogens is 330 g/mol. The third kappa shape index (κ3) is 4.06. The molecule has 0 saturated carbocycles. The lowest BCUT2D eigenvalue weighted by atomic mass is 10.2. The number of aryl methyl sites for hydroxylation is 1. The van der Waals surface area contributed by atoms with Gasteiger partial charge in [-0.15, -0.1) is 11.8 Å². The van der Waals surface area contributed by atoms with Gasteiger partial charge in [0.1, 0.15) is 5.65 Å². The van der Waals surface area contributed by atoms with Crippen LogP contribution in [0, 0.1) is 6.92 Å². The molecule has 1 aromatic carbocycles. The van der Waals surface area contributed by atoms with Crippen LogP contribution in [0.5, 0.6) is 0 Å². The Morgan fingerprint density at radius 1 is 1.26 bits per heavy atom. The van der Waals surface area contributed by atoms with Crippen LogP contribution in [0.3, 0.4) is 0 Å². The van der Waals surface area contributed by atoms with Crippen molar-refractivity contribution in [2.75, 3.05) is 5.75 Å². The maximum Gasteiger partial charge on any atom is 0.230 e. The molecule has 0 aliphatic heterocycles. The molecule has 0 fully saturated rings. The van der Waals surface area contributed by atoms with Crippen molar-refractivity contribution < 1.29 is 4.79 Å². The number of pyridine rings is 1. The topological polar surface area (TPSA) is 46.4 Å². The summed E-state index contributed by atoms with van der Waals surface area (Å²) in [7, 11) is 0. The van der Waals surface area contributed by atoms with E-state index in [9.17, 15) is 4.79 Å². The summed E-state index contributed by atoms with van der Waals surface area (Å²) in [5.74, 6) is 0.387. The van der Waals surface area contributed by atoms with Crippen LogP contribution < -0.4 is 5.32 Å². The maximum atomic E-state index is 12.0. The number of halogens is 1. The van der Waals surface area contributed by atoms with Gasteiger partial charge < -0.3 is 9.72 Å². The first-order valence-corrected chi connectivity index (χ1v) is 8.56. The Kier molecular flexibility index (Phi) is 4.88. The number of nitrogens with zero attached hydrogens (tertiary/aromatic N) is 2. The number of nitrogens with one attached hydrogen (secondary N) is 1. The molecule has 1 N–H and O–H groups in total. The van der Waals surface area contributed by atoms with E-state index in [1.54, 1.807) is 24.0 Å². The molecule has 0 unspecified atom stereocenters. The molecule has 4 nitrogen and oxygen atoms in total. The molecule has 3 rings (SSSR count). The average molecular weight is 346 g/mol. The van der Waals surface area contributed by atoms with Crippen molar-refractivity contribution in [1.29, 1.82) is 0 Å². The van der Waals surface area contributed by atoms with Crippen LogP contribution in [0.1, 0.15) is 11.3 Å². The number of hydrogen-bond donors (Lipinski definition) is 1. The quantitative estimate of drug-likeness (QED) is 0.717. The number of rotatable bonds is 5. The molecule has 1 amide bonds. The van der Waals surface area contributed by atoms with E-state index in [2.05, 4.69) is 10.3 Å². The molecule has 0 spiro atoms. The second-order valence-electron chi connectivity index (χ2n) is 5.18. The molecule has 0 bridgehead atoms. The van der Waals surface area contributed by atoms with Crippen LogP contribution in [0.15, 0.2) is 53.7 Å². The van der Waals surface area contributed by atoms with Crippen molar-refractivity contribution in [3.8, 4) is 0 Å². The molecule has 0 atom stereocenters.